The summed E-state index contributed by atoms with van der Waals surface area (Å²) in [6.45, 7) is 5.37. The molecule has 2 aromatic heterocycles. The molecule has 2 aliphatic carbocycles. The molecule has 0 atom stereocenters. The quantitative estimate of drug-likeness (QED) is 0.104. The Kier molecular flexibility index (Phi) is 15.5. The molecule has 6 nitrogen and oxygen atoms in total. The fourth-order valence-electron chi connectivity index (χ4n) is 4.82. The summed E-state index contributed by atoms with van der Waals surface area (Å²) in [5.74, 6) is 2.66. The molecule has 232 valence electrons. The third-order valence-electron chi connectivity index (χ3n) is 7.07. The van der Waals surface area contributed by atoms with Crippen molar-refractivity contribution < 1.29 is 17.1 Å². The van der Waals surface area contributed by atoms with Crippen molar-refractivity contribution in [3.05, 3.63) is 145 Å². The number of nitrogens with zero attached hydrogens (tertiary/aromatic N) is 4. The summed E-state index contributed by atoms with van der Waals surface area (Å²) < 4.78 is 0. The molecule has 10 radical (unpaired) electrons. The smallest absolute Gasteiger partial charge is 0.684 e. The predicted octanol–water partition coefficient (Wildman–Crippen LogP) is 8.55. The van der Waals surface area contributed by atoms with E-state index in [0.717, 1.165) is 85.3 Å². The van der Waals surface area contributed by atoms with Crippen molar-refractivity contribution in [1.82, 2.24) is 20.6 Å². The topological polar surface area (TPSA) is 78.0 Å². The van der Waals surface area contributed by atoms with E-state index in [2.05, 4.69) is 82.6 Å². The number of fused-ring (bicyclic) bond motifs is 2. The van der Waals surface area contributed by atoms with Crippen LogP contribution in [0.5, 0.6) is 0 Å². The number of aromatic nitrogens is 2. The van der Waals surface area contributed by atoms with Gasteiger partial charge in [-0.05, 0) is 111 Å². The fourth-order valence-corrected chi connectivity index (χ4v) is 5.16. The van der Waals surface area contributed by atoms with Gasteiger partial charge in [-0.3, -0.25) is 9.97 Å². The first kappa shape index (κ1) is 35.7. The molecular weight excluding hydrogens is 643 g/mol. The molecule has 0 amide bonds. The van der Waals surface area contributed by atoms with Crippen LogP contribution in [0.1, 0.15) is 12.8 Å². The predicted molar refractivity (Wildman–Crippen MR) is 185 cm³/mol. The Morgan fingerprint density at radius 3 is 1.42 bits per heavy atom. The van der Waals surface area contributed by atoms with E-state index < -0.39 is 0 Å². The first-order valence-corrected chi connectivity index (χ1v) is 15.7. The van der Waals surface area contributed by atoms with Gasteiger partial charge in [0.05, 0.1) is 11.0 Å². The second-order valence-corrected chi connectivity index (χ2v) is 11.3. The van der Waals surface area contributed by atoms with Gasteiger partial charge in [-0.25, -0.2) is 0 Å². The van der Waals surface area contributed by atoms with Crippen LogP contribution in [0.3, 0.4) is 0 Å². The van der Waals surface area contributed by atoms with Crippen LogP contribution in [0.4, 0.5) is 11.4 Å². The van der Waals surface area contributed by atoms with Crippen LogP contribution < -0.4 is 10.6 Å². The molecule has 2 N–H and O–H groups in total. The molecule has 2 aromatic carbocycles. The molecule has 0 aliphatic heterocycles. The largest absolute Gasteiger partial charge is 2.00 e. The maximum absolute atomic E-state index is 6.00. The van der Waals surface area contributed by atoms with E-state index in [-0.39, 0.29) is 17.1 Å². The minimum Gasteiger partial charge on any atom is -0.684 e. The molecule has 2 heterocycles. The molecule has 2 fully saturated rings. The summed E-state index contributed by atoms with van der Waals surface area (Å²) in [5, 5.41) is 19.7. The van der Waals surface area contributed by atoms with Gasteiger partial charge in [0.25, 0.3) is 0 Å². The Labute approximate surface area is 289 Å². The van der Waals surface area contributed by atoms with Crippen LogP contribution in [0, 0.1) is 63.2 Å². The number of pyridine rings is 2. The summed E-state index contributed by atoms with van der Waals surface area (Å²) in [4.78, 5) is 8.66. The van der Waals surface area contributed by atoms with Gasteiger partial charge in [-0.2, -0.15) is 0 Å². The average Bonchev–Trinajstić information content (AvgIpc) is 3.76. The van der Waals surface area contributed by atoms with E-state index in [9.17, 15) is 0 Å². The van der Waals surface area contributed by atoms with E-state index in [4.69, 9.17) is 23.2 Å². The molecule has 0 spiro atoms. The molecule has 0 bridgehead atoms. The zero-order chi connectivity index (χ0) is 30.4. The maximum atomic E-state index is 6.00. The molecule has 6 rings (SSSR count). The van der Waals surface area contributed by atoms with Crippen LogP contribution >= 0.6 is 23.2 Å². The molecule has 4 aromatic rings. The summed E-state index contributed by atoms with van der Waals surface area (Å²) in [6.07, 6.45) is 22.4. The first-order chi connectivity index (χ1) is 21.7. The Morgan fingerprint density at radius 2 is 1.00 bits per heavy atom. The summed E-state index contributed by atoms with van der Waals surface area (Å²) in [5.41, 5.74) is 3.75. The second kappa shape index (κ2) is 19.5. The zero-order valence-electron chi connectivity index (χ0n) is 24.9. The number of benzene rings is 2. The van der Waals surface area contributed by atoms with Gasteiger partial charge in [-0.15, -0.1) is 24.5 Å². The molecule has 0 saturated heterocycles. The summed E-state index contributed by atoms with van der Waals surface area (Å²) in [7, 11) is 0. The van der Waals surface area contributed by atoms with Crippen LogP contribution in [0.15, 0.2) is 60.9 Å². The van der Waals surface area contributed by atoms with Crippen molar-refractivity contribution in [2.24, 2.45) is 0 Å². The standard InChI is InChI=1S/2C18H18ClN3.Fe/c2*19-15-6-7-16-17(8-11-22-18(16)12-15)21-10-3-9-20-13-14-4-1-2-5-14;/h2*1-2,4-8,11-12,20H,3,9-10,13H2;/q2*-1;+2. The van der Waals surface area contributed by atoms with Gasteiger partial charge < -0.3 is 21.3 Å². The zero-order valence-corrected chi connectivity index (χ0v) is 27.6. The third-order valence-corrected chi connectivity index (χ3v) is 7.54. The van der Waals surface area contributed by atoms with Gasteiger partial charge in [0.1, 0.15) is 0 Å². The number of halogens is 2. The fraction of sp³-hybridized carbons (Fsp3) is 0.222. The number of hydrogen-bond acceptors (Lipinski definition) is 4. The van der Waals surface area contributed by atoms with Crippen molar-refractivity contribution in [2.75, 3.05) is 39.3 Å². The Bertz CT molecular complexity index is 1330. The van der Waals surface area contributed by atoms with Crippen molar-refractivity contribution in [2.45, 2.75) is 12.8 Å². The van der Waals surface area contributed by atoms with Crippen LogP contribution in [0.25, 0.3) is 32.4 Å². The van der Waals surface area contributed by atoms with Gasteiger partial charge in [0.2, 0.25) is 0 Å². The molecular formula is C36H36Cl2FeN6. The van der Waals surface area contributed by atoms with Gasteiger partial charge in [0.15, 0.2) is 0 Å². The van der Waals surface area contributed by atoms with Gasteiger partial charge in [-0.1, -0.05) is 60.3 Å². The number of hydrogen-bond donors (Lipinski definition) is 2. The SMILES string of the molecule is Clc1ccc2c([N-]CCCNC[C]3[CH][CH][CH][CH]3)ccnc2c1.Clc1ccc2c([N-]CCCNC[C]3[CH][CH][CH][CH]3)ccnc2c1.[Fe+2]. The molecule has 9 heteroatoms. The van der Waals surface area contributed by atoms with Crippen LogP contribution in [0.2, 0.25) is 10.0 Å². The number of nitrogens with one attached hydrogen (secondary N) is 2. The van der Waals surface area contributed by atoms with E-state index in [1.165, 1.54) is 11.8 Å². The molecule has 2 aliphatic rings. The summed E-state index contributed by atoms with van der Waals surface area (Å²) >= 11 is 12.0. The Morgan fingerprint density at radius 1 is 0.578 bits per heavy atom. The maximum Gasteiger partial charge on any atom is 2.00 e. The second-order valence-electron chi connectivity index (χ2n) is 10.4. The van der Waals surface area contributed by atoms with Crippen molar-refractivity contribution in [1.29, 1.82) is 0 Å². The third kappa shape index (κ3) is 11.6. The average molecular weight is 679 g/mol. The monoisotopic (exact) mass is 678 g/mol. The minimum absolute atomic E-state index is 0. The molecule has 2 saturated carbocycles. The van der Waals surface area contributed by atoms with Gasteiger partial charge in [0, 0.05) is 35.5 Å². The Balaban J connectivity index is 0.000000200. The van der Waals surface area contributed by atoms with Crippen molar-refractivity contribution >= 4 is 56.4 Å². The van der Waals surface area contributed by atoms with Crippen molar-refractivity contribution in [3.8, 4) is 0 Å². The van der Waals surface area contributed by atoms with E-state index >= 15 is 0 Å². The van der Waals surface area contributed by atoms with Crippen molar-refractivity contribution in [3.63, 3.8) is 0 Å². The van der Waals surface area contributed by atoms with Gasteiger partial charge >= 0.3 is 17.1 Å². The van der Waals surface area contributed by atoms with E-state index in [1.54, 1.807) is 12.4 Å². The van der Waals surface area contributed by atoms with Crippen LogP contribution in [-0.2, 0) is 17.1 Å². The van der Waals surface area contributed by atoms with E-state index in [1.807, 2.05) is 48.5 Å². The molecule has 45 heavy (non-hydrogen) atoms. The normalized spacial score (nSPS) is 15.2. The number of rotatable bonds is 14. The Hall–Kier alpha value is -2.12. The summed E-state index contributed by atoms with van der Waals surface area (Å²) in [6, 6.07) is 15.4. The molecule has 0 unspecified atom stereocenters. The minimum atomic E-state index is 0. The first-order valence-electron chi connectivity index (χ1n) is 14.9. The van der Waals surface area contributed by atoms with Crippen LogP contribution in [-0.4, -0.2) is 49.2 Å². The van der Waals surface area contributed by atoms with E-state index in [0.29, 0.717) is 10.0 Å².